The zero-order chi connectivity index (χ0) is 10.3. The van der Waals surface area contributed by atoms with Crippen molar-refractivity contribution in [3.8, 4) is 0 Å². The number of rotatable bonds is 1. The summed E-state index contributed by atoms with van der Waals surface area (Å²) in [5, 5.41) is 3.95. The van der Waals surface area contributed by atoms with Crippen LogP contribution in [0.15, 0.2) is 29.4 Å². The van der Waals surface area contributed by atoms with E-state index in [4.69, 9.17) is 5.73 Å². The van der Waals surface area contributed by atoms with Crippen LogP contribution in [0, 0.1) is 0 Å². The molecule has 0 aliphatic carbocycles. The highest BCUT2D eigenvalue weighted by Gasteiger charge is 2.23. The predicted octanol–water partition coefficient (Wildman–Crippen LogP) is 0.522. The van der Waals surface area contributed by atoms with Gasteiger partial charge in [-0.05, 0) is 12.1 Å². The zero-order valence-electron chi connectivity index (χ0n) is 8.07. The van der Waals surface area contributed by atoms with Crippen molar-refractivity contribution in [2.75, 3.05) is 6.54 Å². The van der Waals surface area contributed by atoms with Gasteiger partial charge in [-0.1, -0.05) is 12.1 Å². The van der Waals surface area contributed by atoms with Gasteiger partial charge in [0, 0.05) is 0 Å². The van der Waals surface area contributed by atoms with Crippen LogP contribution in [0.1, 0.15) is 11.7 Å². The van der Waals surface area contributed by atoms with Crippen LogP contribution in [0.25, 0.3) is 11.0 Å². The first-order valence-corrected chi connectivity index (χ1v) is 4.85. The second kappa shape index (κ2) is 2.98. The molecule has 2 heterocycles. The lowest BCUT2D eigenvalue weighted by molar-refractivity contribution is 0.741. The number of nitrogens with one attached hydrogen (secondary N) is 2. The monoisotopic (exact) mass is 201 g/mol. The van der Waals surface area contributed by atoms with Gasteiger partial charge in [-0.15, -0.1) is 0 Å². The number of aromatic amines is 1. The first-order valence-electron chi connectivity index (χ1n) is 4.85. The number of hydrogen-bond acceptors (Lipinski definition) is 4. The number of H-pyrrole nitrogens is 1. The van der Waals surface area contributed by atoms with Gasteiger partial charge in [-0.25, -0.2) is 4.98 Å². The van der Waals surface area contributed by atoms with Crippen LogP contribution < -0.4 is 11.2 Å². The molecule has 1 atom stereocenters. The Labute approximate surface area is 86.4 Å². The van der Waals surface area contributed by atoms with Crippen molar-refractivity contribution in [3.63, 3.8) is 0 Å². The van der Waals surface area contributed by atoms with E-state index >= 15 is 0 Å². The van der Waals surface area contributed by atoms with E-state index in [1.165, 1.54) is 0 Å². The highest BCUT2D eigenvalue weighted by molar-refractivity contribution is 5.89. The van der Waals surface area contributed by atoms with Crippen LogP contribution in [0.4, 0.5) is 0 Å². The zero-order valence-corrected chi connectivity index (χ0v) is 8.07. The molecule has 0 amide bonds. The Balaban J connectivity index is 2.08. The van der Waals surface area contributed by atoms with Crippen LogP contribution in [0.3, 0.4) is 0 Å². The summed E-state index contributed by atoms with van der Waals surface area (Å²) in [7, 11) is 0. The maximum atomic E-state index is 5.76. The third kappa shape index (κ3) is 1.24. The fraction of sp³-hybridized carbons (Fsp3) is 0.200. The summed E-state index contributed by atoms with van der Waals surface area (Å²) in [4.78, 5) is 7.74. The third-order valence-corrected chi connectivity index (χ3v) is 2.60. The average Bonchev–Trinajstić information content (AvgIpc) is 2.82. The number of fused-ring (bicyclic) bond motifs is 1. The Hall–Kier alpha value is -2.04. The molecule has 5 heteroatoms. The molecule has 0 saturated heterocycles. The summed E-state index contributed by atoms with van der Waals surface area (Å²) < 4.78 is 0. The minimum absolute atomic E-state index is 0.0670. The predicted molar refractivity (Wildman–Crippen MR) is 58.5 cm³/mol. The van der Waals surface area contributed by atoms with Gasteiger partial charge >= 0.3 is 0 Å². The molecule has 2 aromatic rings. The molecule has 0 spiro atoms. The lowest BCUT2D eigenvalue weighted by Gasteiger charge is -2.03. The smallest absolute Gasteiger partial charge is 0.132 e. The molecule has 1 aliphatic heterocycles. The minimum Gasteiger partial charge on any atom is -0.385 e. The highest BCUT2D eigenvalue weighted by Crippen LogP contribution is 2.19. The van der Waals surface area contributed by atoms with Gasteiger partial charge in [0.25, 0.3) is 0 Å². The fourth-order valence-corrected chi connectivity index (χ4v) is 1.79. The number of hydrazone groups is 1. The Morgan fingerprint density at radius 2 is 2.20 bits per heavy atom. The fourth-order valence-electron chi connectivity index (χ4n) is 1.79. The Morgan fingerprint density at radius 1 is 1.33 bits per heavy atom. The molecule has 1 unspecified atom stereocenters. The van der Waals surface area contributed by atoms with Gasteiger partial charge in [0.15, 0.2) is 0 Å². The first kappa shape index (κ1) is 8.28. The minimum atomic E-state index is 0.0670. The van der Waals surface area contributed by atoms with E-state index in [0.717, 1.165) is 16.9 Å². The van der Waals surface area contributed by atoms with E-state index in [2.05, 4.69) is 20.5 Å². The highest BCUT2D eigenvalue weighted by atomic mass is 15.3. The summed E-state index contributed by atoms with van der Waals surface area (Å²) in [6.07, 6.45) is 0. The third-order valence-electron chi connectivity index (χ3n) is 2.60. The van der Waals surface area contributed by atoms with Crippen LogP contribution in [-0.4, -0.2) is 22.3 Å². The summed E-state index contributed by atoms with van der Waals surface area (Å²) in [5.74, 6) is 1.54. The molecule has 4 N–H and O–H groups in total. The van der Waals surface area contributed by atoms with Crippen molar-refractivity contribution < 1.29 is 0 Å². The largest absolute Gasteiger partial charge is 0.385 e. The van der Waals surface area contributed by atoms with Crippen molar-refractivity contribution in [2.45, 2.75) is 5.92 Å². The van der Waals surface area contributed by atoms with Gasteiger partial charge in [-0.3, -0.25) is 0 Å². The Bertz CT molecular complexity index is 494. The van der Waals surface area contributed by atoms with Gasteiger partial charge in [0.2, 0.25) is 0 Å². The quantitative estimate of drug-likeness (QED) is 0.629. The molecule has 0 fully saturated rings. The summed E-state index contributed by atoms with van der Waals surface area (Å²) in [6, 6.07) is 7.93. The second-order valence-corrected chi connectivity index (χ2v) is 3.59. The molecule has 1 aromatic carbocycles. The number of nitrogens with two attached hydrogens (primary N) is 1. The Kier molecular flexibility index (Phi) is 1.65. The van der Waals surface area contributed by atoms with E-state index < -0.39 is 0 Å². The SMILES string of the molecule is NC1=NNCC1c1nc2ccccc2[nH]1. The molecule has 0 radical (unpaired) electrons. The van der Waals surface area contributed by atoms with E-state index in [9.17, 15) is 0 Å². The van der Waals surface area contributed by atoms with Crippen LogP contribution in [0.2, 0.25) is 0 Å². The molecule has 1 aromatic heterocycles. The molecular weight excluding hydrogens is 190 g/mol. The van der Waals surface area contributed by atoms with Crippen LogP contribution >= 0.6 is 0 Å². The summed E-state index contributed by atoms with van der Waals surface area (Å²) in [5.41, 5.74) is 10.6. The molecule has 1 aliphatic rings. The number of para-hydroxylation sites is 2. The van der Waals surface area contributed by atoms with E-state index in [1.54, 1.807) is 0 Å². The molecule has 76 valence electrons. The van der Waals surface area contributed by atoms with E-state index in [1.807, 2.05) is 24.3 Å². The number of amidine groups is 1. The Morgan fingerprint density at radius 3 is 2.93 bits per heavy atom. The van der Waals surface area contributed by atoms with Crippen molar-refractivity contribution in [1.29, 1.82) is 0 Å². The summed E-state index contributed by atoms with van der Waals surface area (Å²) in [6.45, 7) is 0.714. The molecule has 15 heavy (non-hydrogen) atoms. The lowest BCUT2D eigenvalue weighted by atomic mass is 10.1. The first-order chi connectivity index (χ1) is 7.34. The van der Waals surface area contributed by atoms with Gasteiger partial charge in [-0.2, -0.15) is 5.10 Å². The van der Waals surface area contributed by atoms with E-state index in [0.29, 0.717) is 12.4 Å². The average molecular weight is 201 g/mol. The normalized spacial score (nSPS) is 20.3. The van der Waals surface area contributed by atoms with E-state index in [-0.39, 0.29) is 5.92 Å². The lowest BCUT2D eigenvalue weighted by Crippen LogP contribution is -2.21. The molecule has 0 bridgehead atoms. The number of hydrogen-bond donors (Lipinski definition) is 3. The number of benzene rings is 1. The molecule has 5 nitrogen and oxygen atoms in total. The number of nitrogens with zero attached hydrogens (tertiary/aromatic N) is 2. The number of imidazole rings is 1. The van der Waals surface area contributed by atoms with Crippen molar-refractivity contribution in [2.24, 2.45) is 10.8 Å². The summed E-state index contributed by atoms with van der Waals surface area (Å²) >= 11 is 0. The number of aromatic nitrogens is 2. The van der Waals surface area contributed by atoms with Crippen molar-refractivity contribution in [1.82, 2.24) is 15.4 Å². The van der Waals surface area contributed by atoms with Crippen molar-refractivity contribution in [3.05, 3.63) is 30.1 Å². The van der Waals surface area contributed by atoms with Gasteiger partial charge in [0.05, 0.1) is 23.5 Å². The molecule has 0 saturated carbocycles. The second-order valence-electron chi connectivity index (χ2n) is 3.59. The maximum absolute atomic E-state index is 5.76. The topological polar surface area (TPSA) is 79.1 Å². The van der Waals surface area contributed by atoms with Gasteiger partial charge < -0.3 is 16.1 Å². The molecule has 3 rings (SSSR count). The van der Waals surface area contributed by atoms with Crippen LogP contribution in [0.5, 0.6) is 0 Å². The van der Waals surface area contributed by atoms with Crippen LogP contribution in [-0.2, 0) is 0 Å². The van der Waals surface area contributed by atoms with Crippen molar-refractivity contribution >= 4 is 16.9 Å². The standard InChI is InChI=1S/C10H11N5/c11-9-6(5-12-15-9)10-13-7-3-1-2-4-8(7)14-10/h1-4,6,12H,5H2,(H2,11,15)(H,13,14). The van der Waals surface area contributed by atoms with Gasteiger partial charge in [0.1, 0.15) is 11.7 Å². The maximum Gasteiger partial charge on any atom is 0.132 e. The molecular formula is C10H11N5.